The fourth-order valence-electron chi connectivity index (χ4n) is 3.04. The van der Waals surface area contributed by atoms with E-state index in [1.54, 1.807) is 11.0 Å². The van der Waals surface area contributed by atoms with Crippen LogP contribution in [0.5, 0.6) is 0 Å². The summed E-state index contributed by atoms with van der Waals surface area (Å²) in [6.07, 6.45) is 5.12. The number of hydrogen-bond acceptors (Lipinski definition) is 4. The van der Waals surface area contributed by atoms with Crippen molar-refractivity contribution in [3.05, 3.63) is 35.9 Å². The van der Waals surface area contributed by atoms with E-state index in [4.69, 9.17) is 0 Å². The molecule has 142 valence electrons. The van der Waals surface area contributed by atoms with Crippen molar-refractivity contribution in [2.24, 2.45) is 0 Å². The third kappa shape index (κ3) is 5.26. The molecular weight excluding hydrogens is 387 g/mol. The first kappa shape index (κ1) is 19.3. The van der Waals surface area contributed by atoms with Gasteiger partial charge in [-0.25, -0.2) is 8.42 Å². The van der Waals surface area contributed by atoms with E-state index in [1.807, 2.05) is 0 Å². The van der Waals surface area contributed by atoms with Gasteiger partial charge in [-0.05, 0) is 54.8 Å². The number of amides is 1. The van der Waals surface area contributed by atoms with E-state index >= 15 is 0 Å². The van der Waals surface area contributed by atoms with Crippen LogP contribution in [0, 0.1) is 0 Å². The van der Waals surface area contributed by atoms with Crippen molar-refractivity contribution in [3.63, 3.8) is 0 Å². The average molecular weight is 405 g/mol. The van der Waals surface area contributed by atoms with Crippen molar-refractivity contribution in [2.45, 2.75) is 41.7 Å². The van der Waals surface area contributed by atoms with Gasteiger partial charge in [0.25, 0.3) is 0 Å². The van der Waals surface area contributed by atoms with Crippen LogP contribution in [0.4, 0.5) is 13.2 Å². The summed E-state index contributed by atoms with van der Waals surface area (Å²) in [7, 11) is -3.08. The van der Waals surface area contributed by atoms with Crippen LogP contribution in [0.25, 0.3) is 6.08 Å². The summed E-state index contributed by atoms with van der Waals surface area (Å²) >= 11 is -0.189. The number of benzene rings is 1. The molecule has 1 saturated heterocycles. The highest BCUT2D eigenvalue weighted by molar-refractivity contribution is 8.00. The predicted molar refractivity (Wildman–Crippen MR) is 94.3 cm³/mol. The maximum atomic E-state index is 12.5. The van der Waals surface area contributed by atoms with Crippen molar-refractivity contribution in [3.8, 4) is 0 Å². The third-order valence-corrected chi connectivity index (χ3v) is 6.82. The number of carbonyl (C=O) groups excluding carboxylic acids is 1. The number of nitrogens with zero attached hydrogens (tertiary/aromatic N) is 1. The van der Waals surface area contributed by atoms with Crippen LogP contribution >= 0.6 is 11.8 Å². The number of halogens is 3. The highest BCUT2D eigenvalue weighted by Gasteiger charge is 2.41. The lowest BCUT2D eigenvalue weighted by molar-refractivity contribution is -0.128. The van der Waals surface area contributed by atoms with E-state index in [2.05, 4.69) is 0 Å². The highest BCUT2D eigenvalue weighted by atomic mass is 32.2. The first-order valence-electron chi connectivity index (χ1n) is 8.20. The zero-order valence-electron chi connectivity index (χ0n) is 13.8. The first-order valence-corrected chi connectivity index (χ1v) is 10.8. The van der Waals surface area contributed by atoms with E-state index in [-0.39, 0.29) is 46.2 Å². The molecule has 0 aromatic heterocycles. The Kier molecular flexibility index (Phi) is 5.39. The summed E-state index contributed by atoms with van der Waals surface area (Å²) in [6, 6.07) is 5.54. The summed E-state index contributed by atoms with van der Waals surface area (Å²) in [5, 5.41) is 0. The van der Waals surface area contributed by atoms with Gasteiger partial charge in [0.05, 0.1) is 11.5 Å². The number of alkyl halides is 3. The number of rotatable bonds is 5. The molecule has 1 heterocycles. The van der Waals surface area contributed by atoms with Crippen molar-refractivity contribution in [1.82, 2.24) is 4.90 Å². The van der Waals surface area contributed by atoms with Gasteiger partial charge in [0.2, 0.25) is 5.91 Å². The Balaban J connectivity index is 1.66. The molecule has 4 nitrogen and oxygen atoms in total. The van der Waals surface area contributed by atoms with Gasteiger partial charge in [0.1, 0.15) is 0 Å². The van der Waals surface area contributed by atoms with Crippen molar-refractivity contribution < 1.29 is 26.4 Å². The molecule has 1 unspecified atom stereocenters. The van der Waals surface area contributed by atoms with Gasteiger partial charge < -0.3 is 4.90 Å². The molecule has 3 rings (SSSR count). The molecule has 1 aliphatic heterocycles. The van der Waals surface area contributed by atoms with Crippen LogP contribution in [-0.4, -0.2) is 48.3 Å². The average Bonchev–Trinajstić information content (AvgIpc) is 3.29. The van der Waals surface area contributed by atoms with E-state index < -0.39 is 15.3 Å². The van der Waals surface area contributed by atoms with Crippen LogP contribution in [0.3, 0.4) is 0 Å². The smallest absolute Gasteiger partial charge is 0.332 e. The molecule has 2 fully saturated rings. The predicted octanol–water partition coefficient (Wildman–Crippen LogP) is 3.49. The van der Waals surface area contributed by atoms with Crippen LogP contribution in [0.1, 0.15) is 24.8 Å². The molecule has 2 aliphatic rings. The third-order valence-electron chi connectivity index (χ3n) is 4.33. The molecule has 0 bridgehead atoms. The molecule has 1 aromatic carbocycles. The minimum atomic E-state index is -4.33. The minimum Gasteiger partial charge on any atom is -0.332 e. The number of sulfone groups is 1. The van der Waals surface area contributed by atoms with Crippen LogP contribution in [0.15, 0.2) is 35.2 Å². The molecular formula is C17H18F3NO3S2. The second-order valence-corrected chi connectivity index (χ2v) is 9.85. The van der Waals surface area contributed by atoms with Crippen molar-refractivity contribution in [1.29, 1.82) is 0 Å². The lowest BCUT2D eigenvalue weighted by Gasteiger charge is -2.27. The summed E-state index contributed by atoms with van der Waals surface area (Å²) in [5.41, 5.74) is -3.72. The standard InChI is InChI=1S/C17H18F3NO3S2/c18-17(19,20)25-15-6-1-12(2-7-15)3-8-16(22)21(13-4-5-13)14-9-10-26(23,24)11-14/h1-3,6-8,13-14H,4-5,9-11H2/b8-3+. The Morgan fingerprint density at radius 2 is 1.77 bits per heavy atom. The van der Waals surface area contributed by atoms with E-state index in [0.29, 0.717) is 12.0 Å². The van der Waals surface area contributed by atoms with E-state index in [9.17, 15) is 26.4 Å². The molecule has 1 aliphatic carbocycles. The monoisotopic (exact) mass is 405 g/mol. The largest absolute Gasteiger partial charge is 0.446 e. The number of carbonyl (C=O) groups is 1. The Bertz CT molecular complexity index is 800. The summed E-state index contributed by atoms with van der Waals surface area (Å²) in [6.45, 7) is 0. The Labute approximate surface area is 154 Å². The SMILES string of the molecule is O=C(/C=C/c1ccc(SC(F)(F)F)cc1)N(C1CC1)C1CCS(=O)(=O)C1. The van der Waals surface area contributed by atoms with Crippen LogP contribution in [0.2, 0.25) is 0 Å². The van der Waals surface area contributed by atoms with Gasteiger partial charge in [-0.3, -0.25) is 4.79 Å². The van der Waals surface area contributed by atoms with E-state index in [0.717, 1.165) is 12.8 Å². The van der Waals surface area contributed by atoms with Gasteiger partial charge in [-0.1, -0.05) is 12.1 Å². The molecule has 1 atom stereocenters. The molecule has 1 aromatic rings. The lowest BCUT2D eigenvalue weighted by atomic mass is 10.2. The summed E-state index contributed by atoms with van der Waals surface area (Å²) in [5.74, 6) is -0.133. The fourth-order valence-corrected chi connectivity index (χ4v) is 5.29. The van der Waals surface area contributed by atoms with Crippen molar-refractivity contribution >= 4 is 33.6 Å². The molecule has 0 spiro atoms. The van der Waals surface area contributed by atoms with Gasteiger partial charge in [-0.2, -0.15) is 13.2 Å². The topological polar surface area (TPSA) is 54.5 Å². The first-order chi connectivity index (χ1) is 12.1. The maximum absolute atomic E-state index is 12.5. The molecule has 9 heteroatoms. The summed E-state index contributed by atoms with van der Waals surface area (Å²) in [4.78, 5) is 14.3. The van der Waals surface area contributed by atoms with E-state index in [1.165, 1.54) is 30.3 Å². The molecule has 0 N–H and O–H groups in total. The highest BCUT2D eigenvalue weighted by Crippen LogP contribution is 2.37. The lowest BCUT2D eigenvalue weighted by Crippen LogP contribution is -2.41. The maximum Gasteiger partial charge on any atom is 0.446 e. The molecule has 1 saturated carbocycles. The minimum absolute atomic E-state index is 0.00639. The van der Waals surface area contributed by atoms with Crippen LogP contribution < -0.4 is 0 Å². The molecule has 0 radical (unpaired) electrons. The molecule has 1 amide bonds. The zero-order valence-corrected chi connectivity index (χ0v) is 15.4. The number of hydrogen-bond donors (Lipinski definition) is 0. The van der Waals surface area contributed by atoms with Gasteiger partial charge in [0, 0.05) is 23.1 Å². The second kappa shape index (κ2) is 7.26. The quantitative estimate of drug-likeness (QED) is 0.556. The van der Waals surface area contributed by atoms with Crippen molar-refractivity contribution in [2.75, 3.05) is 11.5 Å². The zero-order chi connectivity index (χ0) is 18.9. The fraction of sp³-hybridized carbons (Fsp3) is 0.471. The van der Waals surface area contributed by atoms with Gasteiger partial charge >= 0.3 is 5.51 Å². The van der Waals surface area contributed by atoms with Crippen LogP contribution in [-0.2, 0) is 14.6 Å². The second-order valence-electron chi connectivity index (χ2n) is 6.48. The Morgan fingerprint density at radius 1 is 1.12 bits per heavy atom. The number of thioether (sulfide) groups is 1. The van der Waals surface area contributed by atoms with Gasteiger partial charge in [0.15, 0.2) is 9.84 Å². The Morgan fingerprint density at radius 3 is 2.27 bits per heavy atom. The molecule has 26 heavy (non-hydrogen) atoms. The normalized spacial score (nSPS) is 22.7. The Hall–Kier alpha value is -1.48. The summed E-state index contributed by atoms with van der Waals surface area (Å²) < 4.78 is 60.3. The van der Waals surface area contributed by atoms with Gasteiger partial charge in [-0.15, -0.1) is 0 Å².